The summed E-state index contributed by atoms with van der Waals surface area (Å²) in [5.41, 5.74) is 0. The number of epoxide rings is 1. The molecule has 10 heavy (non-hydrogen) atoms. The van der Waals surface area contributed by atoms with E-state index < -0.39 is 12.1 Å². The van der Waals surface area contributed by atoms with Crippen LogP contribution in [0.4, 0.5) is 0 Å². The van der Waals surface area contributed by atoms with Crippen LogP contribution in [0.3, 0.4) is 0 Å². The lowest BCUT2D eigenvalue weighted by molar-refractivity contribution is -0.139. The van der Waals surface area contributed by atoms with Crippen molar-refractivity contribution in [3.8, 4) is 0 Å². The standard InChI is InChI=1S/C6H10O4/c7-4(2-6(8)9)1-5-3-10-5/h4-5,7H,1-3H2,(H,8,9)/t4-,5?/m1/s1. The molecule has 4 heteroatoms. The predicted molar refractivity (Wildman–Crippen MR) is 32.6 cm³/mol. The Balaban J connectivity index is 2.07. The summed E-state index contributed by atoms with van der Waals surface area (Å²) < 4.78 is 4.81. The molecule has 2 N–H and O–H groups in total. The molecule has 0 spiro atoms. The highest BCUT2D eigenvalue weighted by Gasteiger charge is 2.26. The van der Waals surface area contributed by atoms with Gasteiger partial charge in [0.1, 0.15) is 0 Å². The molecule has 0 aliphatic carbocycles. The summed E-state index contributed by atoms with van der Waals surface area (Å²) in [6.45, 7) is 0.663. The topological polar surface area (TPSA) is 70.1 Å². The number of aliphatic hydroxyl groups excluding tert-OH is 1. The molecule has 1 unspecified atom stereocenters. The summed E-state index contributed by atoms with van der Waals surface area (Å²) in [5, 5.41) is 17.2. The van der Waals surface area contributed by atoms with Gasteiger partial charge in [-0.15, -0.1) is 0 Å². The van der Waals surface area contributed by atoms with Crippen molar-refractivity contribution in [3.05, 3.63) is 0 Å². The van der Waals surface area contributed by atoms with Crippen molar-refractivity contribution in [1.82, 2.24) is 0 Å². The molecular formula is C6H10O4. The average Bonchev–Trinajstić information content (AvgIpc) is 2.46. The molecule has 58 valence electrons. The van der Waals surface area contributed by atoms with Gasteiger partial charge in [0, 0.05) is 6.42 Å². The van der Waals surface area contributed by atoms with Crippen LogP contribution in [0.15, 0.2) is 0 Å². The quantitative estimate of drug-likeness (QED) is 0.530. The zero-order valence-corrected chi connectivity index (χ0v) is 5.49. The Morgan fingerprint density at radius 2 is 2.40 bits per heavy atom. The fraction of sp³-hybridized carbons (Fsp3) is 0.833. The lowest BCUT2D eigenvalue weighted by atomic mass is 10.1. The SMILES string of the molecule is O=C(O)C[C@H](O)CC1CO1. The van der Waals surface area contributed by atoms with E-state index in [1.165, 1.54) is 0 Å². The zero-order valence-electron chi connectivity index (χ0n) is 5.49. The first-order chi connectivity index (χ1) is 4.68. The lowest BCUT2D eigenvalue weighted by Gasteiger charge is -2.03. The Hall–Kier alpha value is -0.610. The van der Waals surface area contributed by atoms with E-state index in [1.54, 1.807) is 0 Å². The number of rotatable bonds is 4. The third-order valence-corrected chi connectivity index (χ3v) is 1.35. The third-order valence-electron chi connectivity index (χ3n) is 1.35. The second-order valence-electron chi connectivity index (χ2n) is 2.44. The van der Waals surface area contributed by atoms with E-state index in [0.717, 1.165) is 0 Å². The van der Waals surface area contributed by atoms with E-state index in [0.29, 0.717) is 13.0 Å². The number of hydrogen-bond acceptors (Lipinski definition) is 3. The maximum absolute atomic E-state index is 10.0. The fourth-order valence-electron chi connectivity index (χ4n) is 0.792. The van der Waals surface area contributed by atoms with E-state index in [9.17, 15) is 4.79 Å². The molecule has 0 aromatic rings. The first-order valence-corrected chi connectivity index (χ1v) is 3.20. The van der Waals surface area contributed by atoms with E-state index >= 15 is 0 Å². The Bertz CT molecular complexity index is 130. The molecule has 1 saturated heterocycles. The average molecular weight is 146 g/mol. The number of ether oxygens (including phenoxy) is 1. The van der Waals surface area contributed by atoms with Crippen molar-refractivity contribution >= 4 is 5.97 Å². The van der Waals surface area contributed by atoms with Crippen molar-refractivity contribution in [2.45, 2.75) is 25.0 Å². The second-order valence-corrected chi connectivity index (χ2v) is 2.44. The van der Waals surface area contributed by atoms with Crippen molar-refractivity contribution in [2.75, 3.05) is 6.61 Å². The van der Waals surface area contributed by atoms with Crippen LogP contribution in [0, 0.1) is 0 Å². The molecule has 1 rings (SSSR count). The first kappa shape index (κ1) is 7.50. The summed E-state index contributed by atoms with van der Waals surface area (Å²) >= 11 is 0. The van der Waals surface area contributed by atoms with Crippen molar-refractivity contribution < 1.29 is 19.7 Å². The Morgan fingerprint density at radius 3 is 2.80 bits per heavy atom. The molecule has 1 heterocycles. The molecule has 0 bridgehead atoms. The number of hydrogen-bond donors (Lipinski definition) is 2. The van der Waals surface area contributed by atoms with Gasteiger partial charge in [-0.2, -0.15) is 0 Å². The van der Waals surface area contributed by atoms with Crippen LogP contribution >= 0.6 is 0 Å². The minimum absolute atomic E-state index is 0.106. The molecule has 0 aromatic heterocycles. The van der Waals surface area contributed by atoms with Gasteiger partial charge < -0.3 is 14.9 Å². The molecular weight excluding hydrogens is 136 g/mol. The van der Waals surface area contributed by atoms with Crippen LogP contribution in [-0.4, -0.2) is 35.0 Å². The summed E-state index contributed by atoms with van der Waals surface area (Å²) in [6.07, 6.45) is -0.369. The number of carboxylic acid groups (broad SMARTS) is 1. The van der Waals surface area contributed by atoms with E-state index in [2.05, 4.69) is 0 Å². The Kier molecular flexibility index (Phi) is 2.24. The molecule has 0 aromatic carbocycles. The highest BCUT2D eigenvalue weighted by atomic mass is 16.6. The number of carbonyl (C=O) groups is 1. The zero-order chi connectivity index (χ0) is 7.56. The highest BCUT2D eigenvalue weighted by molar-refractivity contribution is 5.67. The van der Waals surface area contributed by atoms with Crippen molar-refractivity contribution in [1.29, 1.82) is 0 Å². The molecule has 1 fully saturated rings. The summed E-state index contributed by atoms with van der Waals surface area (Å²) in [6, 6.07) is 0. The third kappa shape index (κ3) is 2.80. The summed E-state index contributed by atoms with van der Waals surface area (Å²) in [5.74, 6) is -0.965. The van der Waals surface area contributed by atoms with Gasteiger partial charge >= 0.3 is 5.97 Å². The Labute approximate surface area is 58.4 Å². The molecule has 0 amide bonds. The largest absolute Gasteiger partial charge is 0.481 e. The van der Waals surface area contributed by atoms with E-state index in [1.807, 2.05) is 0 Å². The van der Waals surface area contributed by atoms with Gasteiger partial charge in [0.15, 0.2) is 0 Å². The van der Waals surface area contributed by atoms with Crippen LogP contribution in [-0.2, 0) is 9.53 Å². The normalized spacial score (nSPS) is 25.9. The van der Waals surface area contributed by atoms with Crippen LogP contribution in [0.25, 0.3) is 0 Å². The van der Waals surface area contributed by atoms with Crippen molar-refractivity contribution in [3.63, 3.8) is 0 Å². The lowest BCUT2D eigenvalue weighted by Crippen LogP contribution is -2.14. The number of carboxylic acids is 1. The van der Waals surface area contributed by atoms with E-state index in [4.69, 9.17) is 14.9 Å². The van der Waals surface area contributed by atoms with Crippen LogP contribution in [0.2, 0.25) is 0 Å². The molecule has 1 aliphatic heterocycles. The molecule has 1 aliphatic rings. The monoisotopic (exact) mass is 146 g/mol. The second kappa shape index (κ2) is 2.98. The predicted octanol–water partition coefficient (Wildman–Crippen LogP) is -0.389. The molecule has 4 nitrogen and oxygen atoms in total. The maximum atomic E-state index is 10.0. The number of aliphatic hydroxyl groups is 1. The van der Waals surface area contributed by atoms with Gasteiger partial charge in [0.2, 0.25) is 0 Å². The molecule has 0 saturated carbocycles. The van der Waals surface area contributed by atoms with Crippen LogP contribution in [0.1, 0.15) is 12.8 Å². The van der Waals surface area contributed by atoms with Gasteiger partial charge in [-0.05, 0) is 0 Å². The van der Waals surface area contributed by atoms with Gasteiger partial charge in [0.05, 0.1) is 25.2 Å². The van der Waals surface area contributed by atoms with Gasteiger partial charge in [-0.3, -0.25) is 4.79 Å². The molecule has 2 atom stereocenters. The van der Waals surface area contributed by atoms with Crippen LogP contribution < -0.4 is 0 Å². The maximum Gasteiger partial charge on any atom is 0.305 e. The van der Waals surface area contributed by atoms with Gasteiger partial charge in [-0.25, -0.2) is 0 Å². The van der Waals surface area contributed by atoms with E-state index in [-0.39, 0.29) is 12.5 Å². The van der Waals surface area contributed by atoms with Gasteiger partial charge in [0.25, 0.3) is 0 Å². The first-order valence-electron chi connectivity index (χ1n) is 3.20. The minimum atomic E-state index is -0.965. The molecule has 0 radical (unpaired) electrons. The smallest absolute Gasteiger partial charge is 0.305 e. The van der Waals surface area contributed by atoms with Crippen molar-refractivity contribution in [2.24, 2.45) is 0 Å². The van der Waals surface area contributed by atoms with Crippen LogP contribution in [0.5, 0.6) is 0 Å². The number of aliphatic carboxylic acids is 1. The van der Waals surface area contributed by atoms with Gasteiger partial charge in [-0.1, -0.05) is 0 Å². The fourth-order valence-corrected chi connectivity index (χ4v) is 0.792. The summed E-state index contributed by atoms with van der Waals surface area (Å²) in [4.78, 5) is 10.0. The highest BCUT2D eigenvalue weighted by Crippen LogP contribution is 2.16. The summed E-state index contributed by atoms with van der Waals surface area (Å²) in [7, 11) is 0. The Morgan fingerprint density at radius 1 is 1.80 bits per heavy atom. The minimum Gasteiger partial charge on any atom is -0.481 e.